The largest absolute Gasteiger partial charge is 0.453 e. The van der Waals surface area contributed by atoms with Gasteiger partial charge in [0.2, 0.25) is 0 Å². The molecule has 4 rings (SSSR count). The summed E-state index contributed by atoms with van der Waals surface area (Å²) >= 11 is 0. The van der Waals surface area contributed by atoms with Gasteiger partial charge >= 0.3 is 5.97 Å². The SMILES string of the molecule is O=C1O[C@H](c2ccccc2)[C@@](O)(c2ccccc2)C12CCCC2. The Balaban J connectivity index is 1.92. The summed E-state index contributed by atoms with van der Waals surface area (Å²) < 4.78 is 5.77. The molecule has 1 N–H and O–H groups in total. The van der Waals surface area contributed by atoms with Gasteiger partial charge in [0.15, 0.2) is 6.10 Å². The van der Waals surface area contributed by atoms with Crippen LogP contribution in [0.2, 0.25) is 0 Å². The van der Waals surface area contributed by atoms with Gasteiger partial charge < -0.3 is 9.84 Å². The third kappa shape index (κ3) is 1.89. The third-order valence-electron chi connectivity index (χ3n) is 5.50. The minimum absolute atomic E-state index is 0.254. The molecule has 3 nitrogen and oxygen atoms in total. The zero-order valence-corrected chi connectivity index (χ0v) is 12.9. The monoisotopic (exact) mass is 308 g/mol. The normalized spacial score (nSPS) is 28.9. The molecule has 23 heavy (non-hydrogen) atoms. The van der Waals surface area contributed by atoms with E-state index in [1.165, 1.54) is 0 Å². The van der Waals surface area contributed by atoms with Crippen molar-refractivity contribution in [3.8, 4) is 0 Å². The summed E-state index contributed by atoms with van der Waals surface area (Å²) in [5, 5.41) is 11.9. The average Bonchev–Trinajstić information content (AvgIpc) is 3.19. The average molecular weight is 308 g/mol. The molecule has 2 atom stereocenters. The van der Waals surface area contributed by atoms with Gasteiger partial charge in [0.1, 0.15) is 11.0 Å². The van der Waals surface area contributed by atoms with Gasteiger partial charge in [-0.3, -0.25) is 4.79 Å². The van der Waals surface area contributed by atoms with Crippen molar-refractivity contribution in [1.82, 2.24) is 0 Å². The maximum absolute atomic E-state index is 12.8. The van der Waals surface area contributed by atoms with E-state index in [0.29, 0.717) is 12.8 Å². The van der Waals surface area contributed by atoms with Gasteiger partial charge in [-0.15, -0.1) is 0 Å². The van der Waals surface area contributed by atoms with Crippen LogP contribution in [0.25, 0.3) is 0 Å². The van der Waals surface area contributed by atoms with E-state index in [4.69, 9.17) is 4.74 Å². The zero-order chi connectivity index (χ0) is 15.9. The molecule has 1 saturated heterocycles. The van der Waals surface area contributed by atoms with Gasteiger partial charge in [0.25, 0.3) is 0 Å². The number of ether oxygens (including phenoxy) is 1. The van der Waals surface area contributed by atoms with E-state index >= 15 is 0 Å². The summed E-state index contributed by atoms with van der Waals surface area (Å²) in [7, 11) is 0. The number of rotatable bonds is 2. The summed E-state index contributed by atoms with van der Waals surface area (Å²) in [6.07, 6.45) is 2.61. The van der Waals surface area contributed by atoms with Crippen molar-refractivity contribution in [3.05, 3.63) is 71.8 Å². The topological polar surface area (TPSA) is 46.5 Å². The molecule has 1 aliphatic carbocycles. The van der Waals surface area contributed by atoms with Crippen LogP contribution in [0.3, 0.4) is 0 Å². The van der Waals surface area contributed by atoms with Crippen molar-refractivity contribution in [2.24, 2.45) is 5.41 Å². The summed E-state index contributed by atoms with van der Waals surface area (Å²) in [6, 6.07) is 19.1. The first-order chi connectivity index (χ1) is 11.2. The van der Waals surface area contributed by atoms with E-state index in [1.807, 2.05) is 60.7 Å². The van der Waals surface area contributed by atoms with Crippen molar-refractivity contribution < 1.29 is 14.6 Å². The Morgan fingerprint density at radius 2 is 1.48 bits per heavy atom. The molecule has 1 heterocycles. The molecule has 0 unspecified atom stereocenters. The maximum Gasteiger partial charge on any atom is 0.316 e. The molecule has 1 spiro atoms. The van der Waals surface area contributed by atoms with Crippen LogP contribution < -0.4 is 0 Å². The highest BCUT2D eigenvalue weighted by molar-refractivity contribution is 5.82. The molecule has 0 aromatic heterocycles. The first-order valence-corrected chi connectivity index (χ1v) is 8.22. The number of aliphatic hydroxyl groups is 1. The molecule has 3 heteroatoms. The van der Waals surface area contributed by atoms with E-state index in [2.05, 4.69) is 0 Å². The summed E-state index contributed by atoms with van der Waals surface area (Å²) in [5.41, 5.74) is -0.532. The van der Waals surface area contributed by atoms with E-state index in [-0.39, 0.29) is 5.97 Å². The van der Waals surface area contributed by atoms with Crippen LogP contribution in [0.4, 0.5) is 0 Å². The second kappa shape index (κ2) is 5.20. The lowest BCUT2D eigenvalue weighted by Gasteiger charge is -2.38. The Morgan fingerprint density at radius 1 is 0.913 bits per heavy atom. The predicted octanol–water partition coefficient (Wildman–Crippen LogP) is 3.73. The lowest BCUT2D eigenvalue weighted by Crippen LogP contribution is -2.46. The highest BCUT2D eigenvalue weighted by atomic mass is 16.6. The lowest BCUT2D eigenvalue weighted by atomic mass is 9.65. The zero-order valence-electron chi connectivity index (χ0n) is 12.9. The van der Waals surface area contributed by atoms with Gasteiger partial charge in [-0.05, 0) is 24.0 Å². The Bertz CT molecular complexity index is 704. The number of hydrogen-bond donors (Lipinski definition) is 1. The van der Waals surface area contributed by atoms with E-state index in [9.17, 15) is 9.90 Å². The van der Waals surface area contributed by atoms with Crippen LogP contribution in [0.1, 0.15) is 42.9 Å². The molecule has 0 radical (unpaired) electrons. The smallest absolute Gasteiger partial charge is 0.316 e. The first-order valence-electron chi connectivity index (χ1n) is 8.22. The Hall–Kier alpha value is -2.13. The van der Waals surface area contributed by atoms with Crippen molar-refractivity contribution in [1.29, 1.82) is 0 Å². The van der Waals surface area contributed by atoms with Crippen LogP contribution >= 0.6 is 0 Å². The third-order valence-corrected chi connectivity index (χ3v) is 5.50. The van der Waals surface area contributed by atoms with Crippen molar-refractivity contribution in [2.75, 3.05) is 0 Å². The van der Waals surface area contributed by atoms with Gasteiger partial charge in [-0.25, -0.2) is 0 Å². The van der Waals surface area contributed by atoms with Gasteiger partial charge in [-0.2, -0.15) is 0 Å². The van der Waals surface area contributed by atoms with Gasteiger partial charge in [0.05, 0.1) is 0 Å². The molecule has 0 bridgehead atoms. The molecule has 2 aliphatic rings. The summed E-state index contributed by atoms with van der Waals surface area (Å²) in [4.78, 5) is 12.8. The van der Waals surface area contributed by atoms with Crippen LogP contribution in [0.5, 0.6) is 0 Å². The van der Waals surface area contributed by atoms with Gasteiger partial charge in [0, 0.05) is 0 Å². The van der Waals surface area contributed by atoms with Crippen LogP contribution in [-0.4, -0.2) is 11.1 Å². The Kier molecular flexibility index (Phi) is 3.27. The molecular weight excluding hydrogens is 288 g/mol. The summed E-state index contributed by atoms with van der Waals surface area (Å²) in [5.74, 6) is -0.254. The molecule has 118 valence electrons. The Labute approximate surface area is 135 Å². The van der Waals surface area contributed by atoms with E-state index in [1.54, 1.807) is 0 Å². The van der Waals surface area contributed by atoms with E-state index in [0.717, 1.165) is 24.0 Å². The van der Waals surface area contributed by atoms with Crippen molar-refractivity contribution >= 4 is 5.97 Å². The first kappa shape index (κ1) is 14.5. The number of carbonyl (C=O) groups is 1. The highest BCUT2D eigenvalue weighted by Crippen LogP contribution is 2.62. The molecule has 2 aromatic carbocycles. The second-order valence-electron chi connectivity index (χ2n) is 6.62. The minimum Gasteiger partial charge on any atom is -0.453 e. The fourth-order valence-electron chi connectivity index (χ4n) is 4.33. The standard InChI is InChI=1S/C20H20O3/c21-18-19(13-7-8-14-19)20(22,16-11-5-2-6-12-16)17(23-18)15-9-3-1-4-10-15/h1-6,9-12,17,22H,7-8,13-14H2/t17-,20+/m1/s1. The predicted molar refractivity (Wildman–Crippen MR) is 86.5 cm³/mol. The molecule has 2 fully saturated rings. The quantitative estimate of drug-likeness (QED) is 0.860. The number of cyclic esters (lactones) is 1. The van der Waals surface area contributed by atoms with Crippen LogP contribution in [0, 0.1) is 5.41 Å². The fraction of sp³-hybridized carbons (Fsp3) is 0.350. The van der Waals surface area contributed by atoms with Gasteiger partial charge in [-0.1, -0.05) is 73.5 Å². The molecule has 2 aromatic rings. The number of esters is 1. The molecule has 1 saturated carbocycles. The van der Waals surface area contributed by atoms with Crippen molar-refractivity contribution in [2.45, 2.75) is 37.4 Å². The fourth-order valence-corrected chi connectivity index (χ4v) is 4.33. The molecular formula is C20H20O3. The maximum atomic E-state index is 12.8. The highest BCUT2D eigenvalue weighted by Gasteiger charge is 2.68. The minimum atomic E-state index is -1.32. The molecule has 0 amide bonds. The lowest BCUT2D eigenvalue weighted by molar-refractivity contribution is -0.149. The van der Waals surface area contributed by atoms with Crippen LogP contribution in [-0.2, 0) is 15.1 Å². The number of hydrogen-bond acceptors (Lipinski definition) is 3. The Morgan fingerprint density at radius 3 is 2.09 bits per heavy atom. The number of benzene rings is 2. The summed E-state index contributed by atoms with van der Waals surface area (Å²) in [6.45, 7) is 0. The second-order valence-corrected chi connectivity index (χ2v) is 6.62. The molecule has 1 aliphatic heterocycles. The van der Waals surface area contributed by atoms with E-state index < -0.39 is 17.1 Å². The number of carbonyl (C=O) groups excluding carboxylic acids is 1. The van der Waals surface area contributed by atoms with Crippen LogP contribution in [0.15, 0.2) is 60.7 Å². The van der Waals surface area contributed by atoms with Crippen molar-refractivity contribution in [3.63, 3.8) is 0 Å².